The number of anilines is 1. The van der Waals surface area contributed by atoms with Gasteiger partial charge < -0.3 is 4.90 Å². The molecule has 1 aliphatic rings. The van der Waals surface area contributed by atoms with Gasteiger partial charge in [-0.1, -0.05) is 66.2 Å². The molecular weight excluding hydrogens is 398 g/mol. The Morgan fingerprint density at radius 2 is 1.53 bits per heavy atom. The van der Waals surface area contributed by atoms with Crippen LogP contribution < -0.4 is 9.62 Å². The molecule has 4 rings (SSSR count). The maximum Gasteiger partial charge on any atom is 0.267 e. The lowest BCUT2D eigenvalue weighted by molar-refractivity contribution is -0.119. The number of hydrogen-bond donors (Lipinski definition) is 1. The summed E-state index contributed by atoms with van der Waals surface area (Å²) in [7, 11) is -2.32. The number of sulfonamides is 1. The standard InChI is InChI=1S/C23H21N3O3S/c1-16-12-14-18(15-13-16)30(28,29)25-22-23(27)26(2)20-11-7-6-10-19(20)21(24-22)17-8-4-3-5-9-17/h3-15,22,25H,1-2H3. The van der Waals surface area contributed by atoms with Crippen LogP contribution in [0.25, 0.3) is 0 Å². The first-order chi connectivity index (χ1) is 14.4. The minimum atomic E-state index is -3.95. The summed E-state index contributed by atoms with van der Waals surface area (Å²) in [6, 6.07) is 23.3. The van der Waals surface area contributed by atoms with Gasteiger partial charge in [0.1, 0.15) is 0 Å². The third-order valence-corrected chi connectivity index (χ3v) is 6.41. The number of likely N-dealkylation sites (N-methyl/N-ethyl adjacent to an activating group) is 1. The van der Waals surface area contributed by atoms with Crippen molar-refractivity contribution in [2.75, 3.05) is 11.9 Å². The van der Waals surface area contributed by atoms with Crippen molar-refractivity contribution in [1.29, 1.82) is 0 Å². The van der Waals surface area contributed by atoms with Gasteiger partial charge >= 0.3 is 0 Å². The molecule has 0 saturated carbocycles. The molecule has 3 aromatic rings. The molecule has 1 heterocycles. The third kappa shape index (κ3) is 3.77. The molecule has 152 valence electrons. The lowest BCUT2D eigenvalue weighted by Crippen LogP contribution is -2.45. The Bertz CT molecular complexity index is 1220. The Labute approximate surface area is 175 Å². The number of rotatable bonds is 4. The van der Waals surface area contributed by atoms with Crippen LogP contribution >= 0.6 is 0 Å². The minimum absolute atomic E-state index is 0.0850. The van der Waals surface area contributed by atoms with Crippen LogP contribution in [0.4, 0.5) is 5.69 Å². The molecule has 1 atom stereocenters. The summed E-state index contributed by atoms with van der Waals surface area (Å²) < 4.78 is 28.4. The second-order valence-electron chi connectivity index (χ2n) is 7.10. The SMILES string of the molecule is Cc1ccc(S(=O)(=O)NC2N=C(c3ccccc3)c3ccccc3N(C)C2=O)cc1. The number of aliphatic imine (C=N–C) groups is 1. The number of aryl methyl sites for hydroxylation is 1. The fourth-order valence-electron chi connectivity index (χ4n) is 3.36. The summed E-state index contributed by atoms with van der Waals surface area (Å²) in [4.78, 5) is 19.2. The summed E-state index contributed by atoms with van der Waals surface area (Å²) in [5.74, 6) is -0.455. The minimum Gasteiger partial charge on any atom is -0.312 e. The van der Waals surface area contributed by atoms with E-state index in [2.05, 4.69) is 9.71 Å². The van der Waals surface area contributed by atoms with Crippen LogP contribution in [0, 0.1) is 6.92 Å². The Kier molecular flexibility index (Phi) is 5.24. The largest absolute Gasteiger partial charge is 0.312 e. The van der Waals surface area contributed by atoms with Crippen LogP contribution in [0.3, 0.4) is 0 Å². The van der Waals surface area contributed by atoms with E-state index < -0.39 is 22.1 Å². The molecule has 0 saturated heterocycles. The number of para-hydroxylation sites is 1. The van der Waals surface area contributed by atoms with Crippen molar-refractivity contribution in [3.05, 3.63) is 95.6 Å². The highest BCUT2D eigenvalue weighted by molar-refractivity contribution is 7.89. The van der Waals surface area contributed by atoms with Crippen molar-refractivity contribution in [3.8, 4) is 0 Å². The first-order valence-corrected chi connectivity index (χ1v) is 10.9. The van der Waals surface area contributed by atoms with Crippen molar-refractivity contribution in [1.82, 2.24) is 4.72 Å². The normalized spacial score (nSPS) is 16.6. The van der Waals surface area contributed by atoms with E-state index in [1.165, 1.54) is 17.0 Å². The predicted molar refractivity (Wildman–Crippen MR) is 117 cm³/mol. The Balaban J connectivity index is 1.82. The van der Waals surface area contributed by atoms with Crippen LogP contribution in [0.2, 0.25) is 0 Å². The highest BCUT2D eigenvalue weighted by Gasteiger charge is 2.33. The number of amides is 1. The zero-order chi connectivity index (χ0) is 21.3. The summed E-state index contributed by atoms with van der Waals surface area (Å²) in [6.07, 6.45) is -1.29. The molecule has 0 aliphatic carbocycles. The number of benzodiazepines with no additional fused rings is 1. The summed E-state index contributed by atoms with van der Waals surface area (Å²) in [5.41, 5.74) is 3.73. The van der Waals surface area contributed by atoms with Gasteiger partial charge in [-0.3, -0.25) is 9.79 Å². The van der Waals surface area contributed by atoms with Crippen molar-refractivity contribution in [3.63, 3.8) is 0 Å². The van der Waals surface area contributed by atoms with Crippen LogP contribution in [-0.4, -0.2) is 33.3 Å². The molecular formula is C23H21N3O3S. The second kappa shape index (κ2) is 7.85. The first-order valence-electron chi connectivity index (χ1n) is 9.46. The van der Waals surface area contributed by atoms with Gasteiger partial charge in [0, 0.05) is 18.2 Å². The average Bonchev–Trinajstić information content (AvgIpc) is 2.85. The Morgan fingerprint density at radius 3 is 2.23 bits per heavy atom. The van der Waals surface area contributed by atoms with E-state index in [-0.39, 0.29) is 4.90 Å². The first kappa shape index (κ1) is 20.0. The molecule has 1 unspecified atom stereocenters. The zero-order valence-corrected chi connectivity index (χ0v) is 17.4. The number of nitrogens with one attached hydrogen (secondary N) is 1. The Morgan fingerprint density at radius 1 is 0.900 bits per heavy atom. The molecule has 0 aromatic heterocycles. The molecule has 6 nitrogen and oxygen atoms in total. The van der Waals surface area contributed by atoms with Crippen molar-refractivity contribution >= 4 is 27.3 Å². The topological polar surface area (TPSA) is 78.8 Å². The summed E-state index contributed by atoms with van der Waals surface area (Å²) in [5, 5.41) is 0. The number of benzene rings is 3. The van der Waals surface area contributed by atoms with Crippen molar-refractivity contribution < 1.29 is 13.2 Å². The van der Waals surface area contributed by atoms with Gasteiger partial charge in [0.05, 0.1) is 16.3 Å². The average molecular weight is 420 g/mol. The highest BCUT2D eigenvalue weighted by Crippen LogP contribution is 2.27. The molecule has 0 spiro atoms. The maximum absolute atomic E-state index is 13.1. The van der Waals surface area contributed by atoms with E-state index in [1.54, 1.807) is 19.2 Å². The van der Waals surface area contributed by atoms with Gasteiger partial charge in [0.15, 0.2) is 6.17 Å². The number of carbonyl (C=O) groups is 1. The van der Waals surface area contributed by atoms with E-state index in [0.717, 1.165) is 16.7 Å². The van der Waals surface area contributed by atoms with Gasteiger partial charge in [0.2, 0.25) is 10.0 Å². The Hall–Kier alpha value is -3.29. The maximum atomic E-state index is 13.1. The van der Waals surface area contributed by atoms with Gasteiger partial charge in [-0.15, -0.1) is 0 Å². The molecule has 0 bridgehead atoms. The van der Waals surface area contributed by atoms with Gasteiger partial charge in [0.25, 0.3) is 5.91 Å². The zero-order valence-electron chi connectivity index (χ0n) is 16.6. The second-order valence-corrected chi connectivity index (χ2v) is 8.81. The van der Waals surface area contributed by atoms with Crippen LogP contribution in [-0.2, 0) is 14.8 Å². The van der Waals surface area contributed by atoms with Gasteiger partial charge in [-0.25, -0.2) is 8.42 Å². The number of hydrogen-bond acceptors (Lipinski definition) is 4. The molecule has 0 radical (unpaired) electrons. The number of fused-ring (bicyclic) bond motifs is 1. The smallest absolute Gasteiger partial charge is 0.267 e. The quantitative estimate of drug-likeness (QED) is 0.706. The molecule has 0 fully saturated rings. The molecule has 1 aliphatic heterocycles. The summed E-state index contributed by atoms with van der Waals surface area (Å²) >= 11 is 0. The van der Waals surface area contributed by atoms with E-state index >= 15 is 0 Å². The number of nitrogens with zero attached hydrogens (tertiary/aromatic N) is 2. The van der Waals surface area contributed by atoms with Crippen molar-refractivity contribution in [2.45, 2.75) is 18.0 Å². The number of carbonyl (C=O) groups excluding carboxylic acids is 1. The fraction of sp³-hybridized carbons (Fsp3) is 0.130. The van der Waals surface area contributed by atoms with Crippen LogP contribution in [0.15, 0.2) is 88.8 Å². The molecule has 3 aromatic carbocycles. The van der Waals surface area contributed by atoms with Crippen molar-refractivity contribution in [2.24, 2.45) is 4.99 Å². The highest BCUT2D eigenvalue weighted by atomic mass is 32.2. The third-order valence-electron chi connectivity index (χ3n) is 4.99. The molecule has 1 amide bonds. The fourth-order valence-corrected chi connectivity index (χ4v) is 4.44. The molecule has 1 N–H and O–H groups in total. The predicted octanol–water partition coefficient (Wildman–Crippen LogP) is 3.11. The molecule has 30 heavy (non-hydrogen) atoms. The van der Waals surface area contributed by atoms with Crippen LogP contribution in [0.1, 0.15) is 16.7 Å². The monoisotopic (exact) mass is 419 g/mol. The van der Waals surface area contributed by atoms with Crippen LogP contribution in [0.5, 0.6) is 0 Å². The van der Waals surface area contributed by atoms with E-state index in [0.29, 0.717) is 11.4 Å². The molecule has 7 heteroatoms. The lowest BCUT2D eigenvalue weighted by Gasteiger charge is -2.20. The van der Waals surface area contributed by atoms with Gasteiger partial charge in [-0.2, -0.15) is 4.72 Å². The lowest BCUT2D eigenvalue weighted by atomic mass is 10.0. The van der Waals surface area contributed by atoms with E-state index in [4.69, 9.17) is 0 Å². The van der Waals surface area contributed by atoms with Gasteiger partial charge in [-0.05, 0) is 25.1 Å². The van der Waals surface area contributed by atoms with E-state index in [9.17, 15) is 13.2 Å². The van der Waals surface area contributed by atoms with E-state index in [1.807, 2.05) is 61.5 Å². The summed E-state index contributed by atoms with van der Waals surface area (Å²) in [6.45, 7) is 1.88.